The van der Waals surface area contributed by atoms with Gasteiger partial charge in [0.1, 0.15) is 15.7 Å². The van der Waals surface area contributed by atoms with E-state index in [9.17, 15) is 13.8 Å². The highest BCUT2D eigenvalue weighted by Gasteiger charge is 2.44. The zero-order valence-electron chi connectivity index (χ0n) is 28.8. The predicted molar refractivity (Wildman–Crippen MR) is 195 cm³/mol. The number of carbonyl (C=O) groups excluding carboxylic acids is 2. The Bertz CT molecular complexity index is 1920. The number of ether oxygens (including phenoxy) is 2. The quantitative estimate of drug-likeness (QED) is 0.302. The second kappa shape index (κ2) is 14.5. The van der Waals surface area contributed by atoms with E-state index in [1.54, 1.807) is 24.1 Å². The molecule has 1 unspecified atom stereocenters. The second-order valence-corrected chi connectivity index (χ2v) is 16.8. The topological polar surface area (TPSA) is 115 Å². The molecule has 2 aromatic carbocycles. The average molecular weight is 720 g/mol. The van der Waals surface area contributed by atoms with Gasteiger partial charge in [-0.1, -0.05) is 29.8 Å². The number of benzene rings is 2. The van der Waals surface area contributed by atoms with E-state index >= 15 is 0 Å². The molecule has 10 nitrogen and oxygen atoms in total. The van der Waals surface area contributed by atoms with E-state index in [1.807, 2.05) is 31.2 Å². The third kappa shape index (κ3) is 7.36. The zero-order chi connectivity index (χ0) is 34.9. The monoisotopic (exact) mass is 719 g/mol. The van der Waals surface area contributed by atoms with Gasteiger partial charge in [0.25, 0.3) is 5.91 Å². The fourth-order valence-electron chi connectivity index (χ4n) is 8.15. The summed E-state index contributed by atoms with van der Waals surface area (Å²) in [4.78, 5) is 29.3. The second-order valence-electron chi connectivity index (χ2n) is 14.3. The van der Waals surface area contributed by atoms with Crippen LogP contribution >= 0.6 is 11.6 Å². The van der Waals surface area contributed by atoms with E-state index in [-0.39, 0.29) is 23.7 Å². The maximum Gasteiger partial charge on any atom is 0.286 e. The van der Waals surface area contributed by atoms with E-state index in [1.165, 1.54) is 11.1 Å². The van der Waals surface area contributed by atoms with Gasteiger partial charge in [0.05, 0.1) is 29.8 Å². The molecule has 3 heterocycles. The van der Waals surface area contributed by atoms with Crippen LogP contribution in [0.1, 0.15) is 72.1 Å². The Morgan fingerprint density at radius 1 is 1.18 bits per heavy atom. The van der Waals surface area contributed by atoms with Crippen LogP contribution in [0.25, 0.3) is 0 Å². The van der Waals surface area contributed by atoms with Crippen molar-refractivity contribution in [1.29, 1.82) is 0 Å². The number of aromatic nitrogens is 2. The Balaban J connectivity index is 1.24. The summed E-state index contributed by atoms with van der Waals surface area (Å²) in [7, 11) is -1.65. The van der Waals surface area contributed by atoms with Gasteiger partial charge in [0.15, 0.2) is 0 Å². The summed E-state index contributed by atoms with van der Waals surface area (Å²) in [5, 5.41) is 5.07. The lowest BCUT2D eigenvalue weighted by atomic mass is 9.68. The first-order valence-corrected chi connectivity index (χ1v) is 19.8. The lowest BCUT2D eigenvalue weighted by Gasteiger charge is -2.46. The third-order valence-electron chi connectivity index (χ3n) is 10.9. The highest BCUT2D eigenvalue weighted by Crippen LogP contribution is 2.47. The van der Waals surface area contributed by atoms with Gasteiger partial charge in [-0.05, 0) is 111 Å². The summed E-state index contributed by atoms with van der Waals surface area (Å²) in [6, 6.07) is 13.5. The fraction of sp³-hybridized carbons (Fsp3) is 0.500. The van der Waals surface area contributed by atoms with Crippen LogP contribution in [0.3, 0.4) is 0 Å². The van der Waals surface area contributed by atoms with Crippen molar-refractivity contribution in [2.75, 3.05) is 37.5 Å². The van der Waals surface area contributed by atoms with Gasteiger partial charge >= 0.3 is 0 Å². The summed E-state index contributed by atoms with van der Waals surface area (Å²) in [6.07, 6.45) is 12.3. The van der Waals surface area contributed by atoms with Crippen LogP contribution in [0, 0.1) is 18.8 Å². The van der Waals surface area contributed by atoms with Gasteiger partial charge in [0.2, 0.25) is 5.91 Å². The highest BCUT2D eigenvalue weighted by molar-refractivity contribution is 7.92. The van der Waals surface area contributed by atoms with Crippen molar-refractivity contribution < 1.29 is 23.3 Å². The Hall–Kier alpha value is -3.67. The molecule has 5 atom stereocenters. The van der Waals surface area contributed by atoms with Crippen molar-refractivity contribution in [3.05, 3.63) is 88.2 Å². The summed E-state index contributed by atoms with van der Waals surface area (Å²) < 4.78 is 35.4. The van der Waals surface area contributed by atoms with Crippen LogP contribution in [0.5, 0.6) is 5.75 Å². The number of allylic oxidation sites excluding steroid dienone is 1. The van der Waals surface area contributed by atoms with E-state index in [4.69, 9.17) is 21.1 Å². The summed E-state index contributed by atoms with van der Waals surface area (Å²) in [5.74, 6) is 0.444. The molecule has 1 saturated carbocycles. The molecule has 7 rings (SSSR count). The normalized spacial score (nSPS) is 28.7. The summed E-state index contributed by atoms with van der Waals surface area (Å²) in [5.41, 5.74) is 4.28. The molecule has 12 heteroatoms. The number of aryl methyl sites for hydroxylation is 3. The number of amides is 2. The van der Waals surface area contributed by atoms with Crippen molar-refractivity contribution in [2.45, 2.75) is 76.4 Å². The Labute approximate surface area is 299 Å². The highest BCUT2D eigenvalue weighted by atomic mass is 35.5. The van der Waals surface area contributed by atoms with Gasteiger partial charge in [0, 0.05) is 55.4 Å². The summed E-state index contributed by atoms with van der Waals surface area (Å²) in [6.45, 7) is 4.23. The Kier molecular flexibility index (Phi) is 10.1. The Morgan fingerprint density at radius 2 is 2.06 bits per heavy atom. The standard InChI is InChI=1S/C38H46ClN5O5S/c1-26-15-18-44(40-26)19-16-36(45)41-50(47)20-5-3-4-8-34(48-2)31-12-9-29(31)23-43-24-38(17-6-7-27-21-30(39)11-13-32(27)38)25-49-35-14-10-28(22-33(35)43)37(46)42-50/h4,8,10-11,13-15,18,21-22,29,31,34H,3,5-7,9,12,16-17,19-20,23-25H2,1-2H3,(H,41,42,45,46,47)/b8-4+/t29-,31+,34-,38-,50?/m0/s1. The average Bonchev–Trinajstić information content (AvgIpc) is 3.44. The zero-order valence-corrected chi connectivity index (χ0v) is 30.4. The number of rotatable bonds is 5. The smallest absolute Gasteiger partial charge is 0.286 e. The molecule has 2 bridgehead atoms. The number of nitrogens with one attached hydrogen (secondary N) is 1. The molecule has 0 radical (unpaired) electrons. The van der Waals surface area contributed by atoms with E-state index in [2.05, 4.69) is 43.4 Å². The molecule has 1 aromatic heterocycles. The largest absolute Gasteiger partial charge is 0.490 e. The van der Waals surface area contributed by atoms with Crippen LogP contribution in [0.2, 0.25) is 5.02 Å². The number of hydrogen-bond donors (Lipinski definition) is 1. The van der Waals surface area contributed by atoms with E-state index in [0.29, 0.717) is 49.1 Å². The van der Waals surface area contributed by atoms with Crippen molar-refractivity contribution in [1.82, 2.24) is 14.5 Å². The van der Waals surface area contributed by atoms with Gasteiger partial charge < -0.3 is 14.4 Å². The molecule has 3 aromatic rings. The molecule has 2 aliphatic heterocycles. The first kappa shape index (κ1) is 34.8. The number of fused-ring (bicyclic) bond motifs is 4. The number of anilines is 1. The van der Waals surface area contributed by atoms with Crippen molar-refractivity contribution >= 4 is 39.0 Å². The molecular weight excluding hydrogens is 674 g/mol. The van der Waals surface area contributed by atoms with Gasteiger partial charge in [-0.25, -0.2) is 4.21 Å². The molecule has 1 N–H and O–H groups in total. The molecule has 4 aliphatic rings. The van der Waals surface area contributed by atoms with Crippen LogP contribution in [0.4, 0.5) is 5.69 Å². The SMILES string of the molecule is CO[C@H]1/C=C/CCCS(=O)(NC(=O)CCn2ccc(C)n2)=NC(=O)c2ccc3c(c2)N(C[C@@H]2CC[C@H]21)C[C@@]1(CCCc2cc(Cl)ccc21)CO3. The third-order valence-corrected chi connectivity index (χ3v) is 13.0. The predicted octanol–water partition coefficient (Wildman–Crippen LogP) is 6.44. The van der Waals surface area contributed by atoms with Crippen molar-refractivity contribution in [3.8, 4) is 5.75 Å². The van der Waals surface area contributed by atoms with Crippen LogP contribution < -0.4 is 14.4 Å². The van der Waals surface area contributed by atoms with Gasteiger partial charge in [-0.2, -0.15) is 5.10 Å². The molecular formula is C38H46ClN5O5S. The van der Waals surface area contributed by atoms with Crippen LogP contribution in [-0.4, -0.2) is 64.5 Å². The number of nitrogens with zero attached hydrogens (tertiary/aromatic N) is 4. The molecule has 266 valence electrons. The molecule has 2 aliphatic carbocycles. The molecule has 1 fully saturated rings. The minimum atomic E-state index is -3.42. The summed E-state index contributed by atoms with van der Waals surface area (Å²) >= 11 is 6.45. The van der Waals surface area contributed by atoms with Crippen LogP contribution in [-0.2, 0) is 37.8 Å². The number of hydrogen-bond acceptors (Lipinski definition) is 7. The number of halogens is 1. The van der Waals surface area contributed by atoms with Crippen molar-refractivity contribution in [2.24, 2.45) is 16.2 Å². The number of carbonyl (C=O) groups is 2. The van der Waals surface area contributed by atoms with Gasteiger partial charge in [-0.3, -0.25) is 19.0 Å². The Morgan fingerprint density at radius 3 is 2.84 bits per heavy atom. The maximum absolute atomic E-state index is 14.2. The lowest BCUT2D eigenvalue weighted by molar-refractivity contribution is -0.119. The van der Waals surface area contributed by atoms with Crippen molar-refractivity contribution in [3.63, 3.8) is 0 Å². The van der Waals surface area contributed by atoms with Gasteiger partial charge in [-0.15, -0.1) is 4.36 Å². The molecule has 2 amide bonds. The maximum atomic E-state index is 14.2. The first-order valence-electron chi connectivity index (χ1n) is 17.7. The van der Waals surface area contributed by atoms with E-state index < -0.39 is 21.7 Å². The molecule has 50 heavy (non-hydrogen) atoms. The minimum Gasteiger partial charge on any atom is -0.490 e. The number of methoxy groups -OCH3 is 1. The van der Waals surface area contributed by atoms with Crippen LogP contribution in [0.15, 0.2) is 65.2 Å². The fourth-order valence-corrected chi connectivity index (χ4v) is 9.97. The lowest BCUT2D eigenvalue weighted by Crippen LogP contribution is -2.49. The molecule has 0 saturated heterocycles. The van der Waals surface area contributed by atoms with E-state index in [0.717, 1.165) is 61.6 Å². The minimum absolute atomic E-state index is 0.0385. The first-order chi connectivity index (χ1) is 24.1. The molecule has 1 spiro atoms.